The molecule has 1 aliphatic carbocycles. The van der Waals surface area contributed by atoms with E-state index in [1.54, 1.807) is 29.2 Å². The monoisotopic (exact) mass is 392 g/mol. The number of rotatable bonds is 3. The van der Waals surface area contributed by atoms with Gasteiger partial charge in [-0.3, -0.25) is 28.6 Å². The van der Waals surface area contributed by atoms with Crippen LogP contribution in [0.4, 0.5) is 0 Å². The van der Waals surface area contributed by atoms with Crippen molar-refractivity contribution in [2.45, 2.75) is 25.4 Å². The van der Waals surface area contributed by atoms with Gasteiger partial charge in [-0.05, 0) is 25.0 Å². The van der Waals surface area contributed by atoms with Crippen molar-refractivity contribution in [3.63, 3.8) is 0 Å². The summed E-state index contributed by atoms with van der Waals surface area (Å²) in [6.45, 7) is 0.526. The first kappa shape index (κ1) is 17.8. The maximum absolute atomic E-state index is 12.6. The minimum absolute atomic E-state index is 0.111. The van der Waals surface area contributed by atoms with Crippen LogP contribution >= 0.6 is 0 Å². The number of hydrogen-bond acceptors (Lipinski definition) is 5. The van der Waals surface area contributed by atoms with E-state index in [4.69, 9.17) is 0 Å². The predicted octanol–water partition coefficient (Wildman–Crippen LogP) is 0.558. The Hall–Kier alpha value is -3.29. The lowest BCUT2D eigenvalue weighted by molar-refractivity contribution is -0.153. The summed E-state index contributed by atoms with van der Waals surface area (Å²) in [6, 6.07) is 6.73. The molecule has 5 rings (SSSR count). The number of carbonyl (C=O) groups is 3. The van der Waals surface area contributed by atoms with Crippen LogP contribution in [0.5, 0.6) is 0 Å². The maximum Gasteiger partial charge on any atom is 0.261 e. The third-order valence-corrected chi connectivity index (χ3v) is 6.16. The Bertz CT molecular complexity index is 1090. The van der Waals surface area contributed by atoms with Crippen LogP contribution in [-0.4, -0.2) is 56.2 Å². The summed E-state index contributed by atoms with van der Waals surface area (Å²) in [5.74, 6) is -0.953. The minimum atomic E-state index is -0.268. The summed E-state index contributed by atoms with van der Waals surface area (Å²) in [6.07, 6.45) is 6.52. The van der Waals surface area contributed by atoms with Gasteiger partial charge in [0, 0.05) is 13.1 Å². The number of imide groups is 1. The number of likely N-dealkylation sites (tertiary alicyclic amines) is 2. The number of hydrogen-bond donors (Lipinski definition) is 0. The standard InChI is InChI=1S/C21H20N4O4/c26-18(11-24-12-22-17-8-4-3-7-16(17)19(24)27)23-9-13(10-23)25-20(28)14-5-1-2-6-15(14)21(25)29/h1-4,7-8,12-15H,5-6,9-11H2. The van der Waals surface area contributed by atoms with Crippen molar-refractivity contribution in [2.75, 3.05) is 13.1 Å². The number of allylic oxidation sites excluding steroid dienone is 2. The molecule has 29 heavy (non-hydrogen) atoms. The molecule has 2 aromatic rings. The van der Waals surface area contributed by atoms with Gasteiger partial charge >= 0.3 is 0 Å². The Kier molecular flexibility index (Phi) is 4.08. The van der Waals surface area contributed by atoms with Crippen LogP contribution in [0.1, 0.15) is 12.8 Å². The highest BCUT2D eigenvalue weighted by Gasteiger charge is 2.52. The van der Waals surface area contributed by atoms with E-state index in [9.17, 15) is 19.2 Å². The smallest absolute Gasteiger partial charge is 0.261 e. The fourth-order valence-corrected chi connectivity index (χ4v) is 4.47. The average molecular weight is 392 g/mol. The molecule has 2 saturated heterocycles. The molecule has 148 valence electrons. The second kappa shape index (κ2) is 6.65. The van der Waals surface area contributed by atoms with E-state index >= 15 is 0 Å². The summed E-state index contributed by atoms with van der Waals surface area (Å²) >= 11 is 0. The van der Waals surface area contributed by atoms with Crippen LogP contribution in [0.15, 0.2) is 47.5 Å². The molecule has 2 aliphatic heterocycles. The van der Waals surface area contributed by atoms with Crippen LogP contribution in [0.25, 0.3) is 10.9 Å². The third kappa shape index (κ3) is 2.78. The highest BCUT2D eigenvalue weighted by Crippen LogP contribution is 2.37. The van der Waals surface area contributed by atoms with Crippen molar-refractivity contribution >= 4 is 28.6 Å². The molecule has 8 nitrogen and oxygen atoms in total. The molecule has 0 radical (unpaired) electrons. The van der Waals surface area contributed by atoms with Gasteiger partial charge in [-0.1, -0.05) is 24.3 Å². The lowest BCUT2D eigenvalue weighted by atomic mass is 9.85. The fourth-order valence-electron chi connectivity index (χ4n) is 4.47. The molecule has 3 heterocycles. The molecule has 3 amide bonds. The van der Waals surface area contributed by atoms with Gasteiger partial charge < -0.3 is 4.90 Å². The molecule has 3 aliphatic rings. The van der Waals surface area contributed by atoms with Gasteiger partial charge in [-0.15, -0.1) is 0 Å². The molecule has 2 fully saturated rings. The number of aromatic nitrogens is 2. The number of amides is 3. The number of para-hydroxylation sites is 1. The number of fused-ring (bicyclic) bond motifs is 2. The largest absolute Gasteiger partial charge is 0.337 e. The van der Waals surface area contributed by atoms with Crippen molar-refractivity contribution in [3.05, 3.63) is 53.1 Å². The number of nitrogens with zero attached hydrogens (tertiary/aromatic N) is 4. The Labute approximate surface area is 166 Å². The van der Waals surface area contributed by atoms with E-state index in [0.717, 1.165) is 0 Å². The van der Waals surface area contributed by atoms with Gasteiger partial charge in [-0.2, -0.15) is 0 Å². The van der Waals surface area contributed by atoms with Gasteiger partial charge in [0.05, 0.1) is 35.1 Å². The first-order valence-electron chi connectivity index (χ1n) is 9.78. The Morgan fingerprint density at radius 1 is 1.00 bits per heavy atom. The topological polar surface area (TPSA) is 92.6 Å². The van der Waals surface area contributed by atoms with Gasteiger partial charge in [0.25, 0.3) is 5.56 Å². The molecule has 0 N–H and O–H groups in total. The normalized spacial score (nSPS) is 24.1. The summed E-state index contributed by atoms with van der Waals surface area (Å²) in [7, 11) is 0. The molecule has 0 saturated carbocycles. The van der Waals surface area contributed by atoms with E-state index < -0.39 is 0 Å². The van der Waals surface area contributed by atoms with E-state index in [2.05, 4.69) is 4.98 Å². The Morgan fingerprint density at radius 3 is 2.34 bits per heavy atom. The highest BCUT2D eigenvalue weighted by molar-refractivity contribution is 6.06. The zero-order valence-electron chi connectivity index (χ0n) is 15.7. The number of benzene rings is 1. The molecule has 2 atom stereocenters. The average Bonchev–Trinajstić information content (AvgIpc) is 2.95. The van der Waals surface area contributed by atoms with Crippen LogP contribution in [0.2, 0.25) is 0 Å². The molecule has 2 unspecified atom stereocenters. The van der Waals surface area contributed by atoms with Crippen molar-refractivity contribution in [3.8, 4) is 0 Å². The zero-order valence-corrected chi connectivity index (χ0v) is 15.7. The van der Waals surface area contributed by atoms with E-state index in [1.807, 2.05) is 12.2 Å². The predicted molar refractivity (Wildman–Crippen MR) is 104 cm³/mol. The second-order valence-electron chi connectivity index (χ2n) is 7.85. The maximum atomic E-state index is 12.6. The molecule has 1 aromatic carbocycles. The van der Waals surface area contributed by atoms with Crippen LogP contribution in [0, 0.1) is 11.8 Å². The van der Waals surface area contributed by atoms with Gasteiger partial charge in [0.2, 0.25) is 17.7 Å². The Balaban J connectivity index is 1.25. The SMILES string of the molecule is O=C(Cn1cnc2ccccc2c1=O)N1CC(N2C(=O)C3CC=CCC3C2=O)C1. The second-order valence-corrected chi connectivity index (χ2v) is 7.85. The first-order chi connectivity index (χ1) is 14.0. The quantitative estimate of drug-likeness (QED) is 0.562. The zero-order chi connectivity index (χ0) is 20.1. The van der Waals surface area contributed by atoms with Crippen LogP contribution < -0.4 is 5.56 Å². The van der Waals surface area contributed by atoms with Crippen molar-refractivity contribution in [1.29, 1.82) is 0 Å². The summed E-state index contributed by atoms with van der Waals surface area (Å²) in [5, 5.41) is 0.466. The molecular formula is C21H20N4O4. The van der Waals surface area contributed by atoms with Gasteiger partial charge in [-0.25, -0.2) is 4.98 Å². The summed E-state index contributed by atoms with van der Waals surface area (Å²) in [4.78, 5) is 57.6. The van der Waals surface area contributed by atoms with Crippen molar-refractivity contribution in [1.82, 2.24) is 19.4 Å². The molecule has 0 spiro atoms. The van der Waals surface area contributed by atoms with Gasteiger partial charge in [0.15, 0.2) is 0 Å². The molecular weight excluding hydrogens is 372 g/mol. The lowest BCUT2D eigenvalue weighted by Crippen LogP contribution is -2.63. The summed E-state index contributed by atoms with van der Waals surface area (Å²) in [5.41, 5.74) is 0.328. The van der Waals surface area contributed by atoms with Crippen LogP contribution in [-0.2, 0) is 20.9 Å². The highest BCUT2D eigenvalue weighted by atomic mass is 16.2. The number of carbonyl (C=O) groups excluding carboxylic acids is 3. The Morgan fingerprint density at radius 2 is 1.66 bits per heavy atom. The van der Waals surface area contributed by atoms with Crippen molar-refractivity contribution < 1.29 is 14.4 Å². The minimum Gasteiger partial charge on any atom is -0.337 e. The first-order valence-corrected chi connectivity index (χ1v) is 9.78. The van der Waals surface area contributed by atoms with Gasteiger partial charge in [0.1, 0.15) is 6.54 Å². The lowest BCUT2D eigenvalue weighted by Gasteiger charge is -2.43. The third-order valence-electron chi connectivity index (χ3n) is 6.16. The molecule has 8 heteroatoms. The summed E-state index contributed by atoms with van der Waals surface area (Å²) < 4.78 is 1.30. The van der Waals surface area contributed by atoms with Crippen LogP contribution in [0.3, 0.4) is 0 Å². The van der Waals surface area contributed by atoms with E-state index in [1.165, 1.54) is 15.8 Å². The van der Waals surface area contributed by atoms with E-state index in [0.29, 0.717) is 36.8 Å². The molecule has 0 bridgehead atoms. The van der Waals surface area contributed by atoms with E-state index in [-0.39, 0.29) is 47.7 Å². The van der Waals surface area contributed by atoms with Crippen molar-refractivity contribution in [2.24, 2.45) is 11.8 Å². The fraction of sp³-hybridized carbons (Fsp3) is 0.381. The molecule has 1 aromatic heterocycles.